The van der Waals surface area contributed by atoms with E-state index in [1.54, 1.807) is 43.4 Å². The van der Waals surface area contributed by atoms with Gasteiger partial charge in [-0.15, -0.1) is 0 Å². The Kier molecular flexibility index (Phi) is 4.97. The van der Waals surface area contributed by atoms with Gasteiger partial charge in [-0.05, 0) is 24.3 Å². The fraction of sp³-hybridized carbons (Fsp3) is 0.316. The maximum absolute atomic E-state index is 12.9. The second-order valence-corrected chi connectivity index (χ2v) is 5.89. The fourth-order valence-electron chi connectivity index (χ4n) is 3.01. The van der Waals surface area contributed by atoms with Crippen LogP contribution in [0.4, 0.5) is 5.69 Å². The topological polar surface area (TPSA) is 74.0 Å². The summed E-state index contributed by atoms with van der Waals surface area (Å²) < 4.78 is 16.6. The van der Waals surface area contributed by atoms with Crippen molar-refractivity contribution in [1.82, 2.24) is 4.90 Å². The molecule has 0 spiro atoms. The molecule has 1 fully saturated rings. The minimum atomic E-state index is -0.118. The van der Waals surface area contributed by atoms with Crippen LogP contribution in [0.15, 0.2) is 42.5 Å². The maximum atomic E-state index is 12.9. The van der Waals surface area contributed by atoms with E-state index in [0.717, 1.165) is 6.42 Å². The molecule has 0 radical (unpaired) electrons. The molecule has 6 heteroatoms. The van der Waals surface area contributed by atoms with E-state index < -0.39 is 0 Å². The summed E-state index contributed by atoms with van der Waals surface area (Å²) in [5, 5.41) is 0. The molecule has 2 aromatic carbocycles. The van der Waals surface area contributed by atoms with Crippen molar-refractivity contribution in [3.8, 4) is 17.2 Å². The SMILES string of the molecule is COc1cccc(OC)c1C(=O)N1CC[C@H](Oc2cccc(N)c2)C1. The summed E-state index contributed by atoms with van der Waals surface area (Å²) >= 11 is 0. The number of benzene rings is 2. The van der Waals surface area contributed by atoms with Gasteiger partial charge in [0.15, 0.2) is 0 Å². The number of methoxy groups -OCH3 is 2. The number of nitrogens with zero attached hydrogens (tertiary/aromatic N) is 1. The molecule has 1 aliphatic heterocycles. The highest BCUT2D eigenvalue weighted by molar-refractivity contribution is 5.99. The molecule has 0 aromatic heterocycles. The standard InChI is InChI=1S/C19H22N2O4/c1-23-16-7-4-8-17(24-2)18(16)19(22)21-10-9-15(12-21)25-14-6-3-5-13(20)11-14/h3-8,11,15H,9-10,12,20H2,1-2H3/t15-/m0/s1. The Hall–Kier alpha value is -2.89. The molecule has 0 aliphatic carbocycles. The smallest absolute Gasteiger partial charge is 0.261 e. The number of rotatable bonds is 5. The predicted molar refractivity (Wildman–Crippen MR) is 95.3 cm³/mol. The van der Waals surface area contributed by atoms with Crippen LogP contribution in [0.2, 0.25) is 0 Å². The van der Waals surface area contributed by atoms with E-state index in [2.05, 4.69) is 0 Å². The molecule has 0 saturated carbocycles. The van der Waals surface area contributed by atoms with Crippen molar-refractivity contribution in [3.05, 3.63) is 48.0 Å². The molecule has 132 valence electrons. The minimum Gasteiger partial charge on any atom is -0.496 e. The number of amides is 1. The molecule has 3 rings (SSSR count). The molecular weight excluding hydrogens is 320 g/mol. The van der Waals surface area contributed by atoms with Gasteiger partial charge in [0.1, 0.15) is 28.9 Å². The van der Waals surface area contributed by atoms with E-state index in [0.29, 0.717) is 41.6 Å². The summed E-state index contributed by atoms with van der Waals surface area (Å²) in [4.78, 5) is 14.7. The zero-order valence-corrected chi connectivity index (χ0v) is 14.4. The fourth-order valence-corrected chi connectivity index (χ4v) is 3.01. The van der Waals surface area contributed by atoms with Crippen molar-refractivity contribution in [3.63, 3.8) is 0 Å². The normalized spacial score (nSPS) is 16.6. The van der Waals surface area contributed by atoms with Crippen molar-refractivity contribution in [1.29, 1.82) is 0 Å². The van der Waals surface area contributed by atoms with E-state index in [4.69, 9.17) is 19.9 Å². The summed E-state index contributed by atoms with van der Waals surface area (Å²) in [6.45, 7) is 1.13. The summed E-state index contributed by atoms with van der Waals surface area (Å²) in [6, 6.07) is 12.6. The summed E-state index contributed by atoms with van der Waals surface area (Å²) in [5.74, 6) is 1.61. The zero-order valence-electron chi connectivity index (χ0n) is 14.4. The summed E-state index contributed by atoms with van der Waals surface area (Å²) in [6.07, 6.45) is 0.698. The van der Waals surface area contributed by atoms with Gasteiger partial charge < -0.3 is 24.8 Å². The van der Waals surface area contributed by atoms with Crippen molar-refractivity contribution >= 4 is 11.6 Å². The highest BCUT2D eigenvalue weighted by atomic mass is 16.5. The molecule has 1 atom stereocenters. The molecular formula is C19H22N2O4. The molecule has 0 unspecified atom stereocenters. The Morgan fingerprint density at radius 3 is 2.44 bits per heavy atom. The largest absolute Gasteiger partial charge is 0.496 e. The Labute approximate surface area is 147 Å². The first kappa shape index (κ1) is 17.0. The van der Waals surface area contributed by atoms with Gasteiger partial charge in [-0.25, -0.2) is 0 Å². The van der Waals surface area contributed by atoms with Crippen molar-refractivity contribution in [2.24, 2.45) is 0 Å². The third-order valence-electron chi connectivity index (χ3n) is 4.23. The van der Waals surface area contributed by atoms with Gasteiger partial charge in [0.2, 0.25) is 0 Å². The lowest BCUT2D eigenvalue weighted by Gasteiger charge is -2.20. The molecule has 6 nitrogen and oxygen atoms in total. The average molecular weight is 342 g/mol. The number of likely N-dealkylation sites (tertiary alicyclic amines) is 1. The quantitative estimate of drug-likeness (QED) is 0.846. The number of nitrogens with two attached hydrogens (primary N) is 1. The van der Waals surface area contributed by atoms with Gasteiger partial charge in [0.25, 0.3) is 5.91 Å². The molecule has 25 heavy (non-hydrogen) atoms. The molecule has 2 aromatic rings. The summed E-state index contributed by atoms with van der Waals surface area (Å²) in [7, 11) is 3.09. The van der Waals surface area contributed by atoms with Gasteiger partial charge in [-0.1, -0.05) is 12.1 Å². The lowest BCUT2D eigenvalue weighted by molar-refractivity contribution is 0.0765. The Bertz CT molecular complexity index is 741. The van der Waals surface area contributed by atoms with Crippen LogP contribution in [-0.4, -0.2) is 44.2 Å². The Morgan fingerprint density at radius 1 is 1.12 bits per heavy atom. The van der Waals surface area contributed by atoms with Crippen molar-refractivity contribution in [2.75, 3.05) is 33.0 Å². The number of nitrogen functional groups attached to an aromatic ring is 1. The van der Waals surface area contributed by atoms with Crippen LogP contribution < -0.4 is 19.9 Å². The van der Waals surface area contributed by atoms with E-state index in [-0.39, 0.29) is 12.0 Å². The van der Waals surface area contributed by atoms with Crippen molar-refractivity contribution < 1.29 is 19.0 Å². The van der Waals surface area contributed by atoms with E-state index in [9.17, 15) is 4.79 Å². The number of carbonyl (C=O) groups excluding carboxylic acids is 1. The van der Waals surface area contributed by atoms with Crippen molar-refractivity contribution in [2.45, 2.75) is 12.5 Å². The van der Waals surface area contributed by atoms with Crippen LogP contribution in [0.1, 0.15) is 16.8 Å². The van der Waals surface area contributed by atoms with Crippen LogP contribution in [0.25, 0.3) is 0 Å². The third kappa shape index (κ3) is 3.63. The first-order valence-electron chi connectivity index (χ1n) is 8.15. The van der Waals surface area contributed by atoms with Crippen LogP contribution in [0.5, 0.6) is 17.2 Å². The molecule has 1 heterocycles. The molecule has 1 aliphatic rings. The third-order valence-corrected chi connectivity index (χ3v) is 4.23. The number of anilines is 1. The molecule has 1 amide bonds. The van der Waals surface area contributed by atoms with Crippen LogP contribution in [-0.2, 0) is 0 Å². The van der Waals surface area contributed by atoms with Crippen LogP contribution >= 0.6 is 0 Å². The lowest BCUT2D eigenvalue weighted by Crippen LogP contribution is -2.31. The maximum Gasteiger partial charge on any atom is 0.261 e. The highest BCUT2D eigenvalue weighted by Crippen LogP contribution is 2.31. The van der Waals surface area contributed by atoms with E-state index in [1.165, 1.54) is 0 Å². The second-order valence-electron chi connectivity index (χ2n) is 5.89. The average Bonchev–Trinajstić information content (AvgIpc) is 3.08. The number of hydrogen-bond donors (Lipinski definition) is 1. The van der Waals surface area contributed by atoms with Crippen LogP contribution in [0.3, 0.4) is 0 Å². The predicted octanol–water partition coefficient (Wildman–Crippen LogP) is 2.58. The molecule has 1 saturated heterocycles. The highest BCUT2D eigenvalue weighted by Gasteiger charge is 2.31. The number of hydrogen-bond acceptors (Lipinski definition) is 5. The zero-order chi connectivity index (χ0) is 17.8. The van der Waals surface area contributed by atoms with E-state index >= 15 is 0 Å². The van der Waals surface area contributed by atoms with E-state index in [1.807, 2.05) is 18.2 Å². The first-order chi connectivity index (χ1) is 12.1. The van der Waals surface area contributed by atoms with Gasteiger partial charge in [-0.2, -0.15) is 0 Å². The summed E-state index contributed by atoms with van der Waals surface area (Å²) in [5.41, 5.74) is 6.87. The monoisotopic (exact) mass is 342 g/mol. The lowest BCUT2D eigenvalue weighted by atomic mass is 10.1. The number of ether oxygens (including phenoxy) is 3. The van der Waals surface area contributed by atoms with Gasteiger partial charge in [0.05, 0.1) is 20.8 Å². The van der Waals surface area contributed by atoms with Gasteiger partial charge >= 0.3 is 0 Å². The molecule has 2 N–H and O–H groups in total. The number of carbonyl (C=O) groups is 1. The first-order valence-corrected chi connectivity index (χ1v) is 8.15. The van der Waals surface area contributed by atoms with Crippen LogP contribution in [0, 0.1) is 0 Å². The molecule has 0 bridgehead atoms. The second kappa shape index (κ2) is 7.34. The van der Waals surface area contributed by atoms with Gasteiger partial charge in [-0.3, -0.25) is 4.79 Å². The minimum absolute atomic E-state index is 0.0635. The Balaban J connectivity index is 1.73. The van der Waals surface area contributed by atoms with Gasteiger partial charge in [0, 0.05) is 24.7 Å². The Morgan fingerprint density at radius 2 is 1.80 bits per heavy atom.